The fourth-order valence-electron chi connectivity index (χ4n) is 2.57. The van der Waals surface area contributed by atoms with Gasteiger partial charge in [0.25, 0.3) is 0 Å². The monoisotopic (exact) mass is 291 g/mol. The van der Waals surface area contributed by atoms with E-state index < -0.39 is 0 Å². The van der Waals surface area contributed by atoms with Gasteiger partial charge in [0.1, 0.15) is 12.4 Å². The van der Waals surface area contributed by atoms with Crippen LogP contribution in [0.2, 0.25) is 0 Å². The van der Waals surface area contributed by atoms with E-state index in [1.165, 1.54) is 31.4 Å². The number of rotatable bonds is 6. The number of hydrogen-bond acceptors (Lipinski definition) is 3. The number of hydrogen-bond donors (Lipinski definition) is 2. The SMILES string of the molecule is OCC#Cc1cc(F)ccc1CN(CCCO)C1CCC1. The second-order valence-electron chi connectivity index (χ2n) is 5.39. The average Bonchev–Trinajstić information content (AvgIpc) is 2.42. The zero-order chi connectivity index (χ0) is 15.1. The Kier molecular flexibility index (Phi) is 6.19. The van der Waals surface area contributed by atoms with Crippen LogP contribution in [0.5, 0.6) is 0 Å². The molecule has 1 fully saturated rings. The largest absolute Gasteiger partial charge is 0.396 e. The van der Waals surface area contributed by atoms with Crippen LogP contribution in [0.1, 0.15) is 36.8 Å². The van der Waals surface area contributed by atoms with Crippen LogP contribution in [0.4, 0.5) is 4.39 Å². The zero-order valence-corrected chi connectivity index (χ0v) is 12.2. The van der Waals surface area contributed by atoms with Crippen molar-refractivity contribution in [2.45, 2.75) is 38.3 Å². The Bertz CT molecular complexity index is 517. The van der Waals surface area contributed by atoms with E-state index in [0.29, 0.717) is 18.2 Å². The van der Waals surface area contributed by atoms with E-state index >= 15 is 0 Å². The minimum absolute atomic E-state index is 0.184. The molecule has 0 saturated heterocycles. The van der Waals surface area contributed by atoms with E-state index in [4.69, 9.17) is 10.2 Å². The molecule has 0 heterocycles. The summed E-state index contributed by atoms with van der Waals surface area (Å²) < 4.78 is 13.4. The van der Waals surface area contributed by atoms with Crippen LogP contribution in [-0.2, 0) is 6.54 Å². The van der Waals surface area contributed by atoms with Gasteiger partial charge in [-0.15, -0.1) is 0 Å². The van der Waals surface area contributed by atoms with Crippen molar-refractivity contribution >= 4 is 0 Å². The van der Waals surface area contributed by atoms with E-state index in [-0.39, 0.29) is 19.0 Å². The fraction of sp³-hybridized carbons (Fsp3) is 0.529. The molecule has 0 aromatic heterocycles. The minimum atomic E-state index is -0.313. The van der Waals surface area contributed by atoms with Gasteiger partial charge in [-0.1, -0.05) is 24.3 Å². The third-order valence-electron chi connectivity index (χ3n) is 3.94. The van der Waals surface area contributed by atoms with Crippen molar-refractivity contribution < 1.29 is 14.6 Å². The van der Waals surface area contributed by atoms with Crippen molar-refractivity contribution in [2.24, 2.45) is 0 Å². The van der Waals surface area contributed by atoms with E-state index in [1.54, 1.807) is 6.07 Å². The summed E-state index contributed by atoms with van der Waals surface area (Å²) in [5.74, 6) is 5.10. The first-order chi connectivity index (χ1) is 10.2. The smallest absolute Gasteiger partial charge is 0.124 e. The summed E-state index contributed by atoms with van der Waals surface area (Å²) in [6.07, 6.45) is 4.37. The number of benzene rings is 1. The van der Waals surface area contributed by atoms with Crippen molar-refractivity contribution in [3.8, 4) is 11.8 Å². The van der Waals surface area contributed by atoms with Crippen LogP contribution in [0.15, 0.2) is 18.2 Å². The molecule has 114 valence electrons. The predicted octanol–water partition coefficient (Wildman–Crippen LogP) is 1.91. The van der Waals surface area contributed by atoms with Gasteiger partial charge in [0.2, 0.25) is 0 Å². The molecule has 2 rings (SSSR count). The van der Waals surface area contributed by atoms with Gasteiger partial charge in [-0.2, -0.15) is 0 Å². The topological polar surface area (TPSA) is 43.7 Å². The summed E-state index contributed by atoms with van der Waals surface area (Å²) in [4.78, 5) is 2.34. The Morgan fingerprint density at radius 3 is 2.71 bits per heavy atom. The van der Waals surface area contributed by atoms with Crippen molar-refractivity contribution in [2.75, 3.05) is 19.8 Å². The number of aliphatic hydroxyl groups excluding tert-OH is 2. The summed E-state index contributed by atoms with van der Waals surface area (Å²) in [6.45, 7) is 1.50. The highest BCUT2D eigenvalue weighted by Gasteiger charge is 2.25. The van der Waals surface area contributed by atoms with Crippen LogP contribution in [-0.4, -0.2) is 40.9 Å². The average molecular weight is 291 g/mol. The molecule has 1 aliphatic carbocycles. The van der Waals surface area contributed by atoms with Gasteiger partial charge in [0.15, 0.2) is 0 Å². The Morgan fingerprint density at radius 2 is 2.10 bits per heavy atom. The summed E-state index contributed by atoms with van der Waals surface area (Å²) in [6, 6.07) is 5.19. The normalized spacial score (nSPS) is 14.7. The molecule has 2 N–H and O–H groups in total. The molecule has 0 spiro atoms. The van der Waals surface area contributed by atoms with Crippen LogP contribution in [0.25, 0.3) is 0 Å². The Balaban J connectivity index is 2.14. The summed E-state index contributed by atoms with van der Waals surface area (Å²) in [5.41, 5.74) is 1.61. The second-order valence-corrected chi connectivity index (χ2v) is 5.39. The van der Waals surface area contributed by atoms with Crippen molar-refractivity contribution in [1.29, 1.82) is 0 Å². The Hall–Kier alpha value is -1.41. The fourth-order valence-corrected chi connectivity index (χ4v) is 2.57. The number of halogens is 1. The van der Waals surface area contributed by atoms with Gasteiger partial charge in [0.05, 0.1) is 0 Å². The predicted molar refractivity (Wildman–Crippen MR) is 80.1 cm³/mol. The molecule has 0 bridgehead atoms. The number of nitrogens with zero attached hydrogens (tertiary/aromatic N) is 1. The molecule has 0 aliphatic heterocycles. The molecule has 0 atom stereocenters. The quantitative estimate of drug-likeness (QED) is 0.787. The lowest BCUT2D eigenvalue weighted by molar-refractivity contribution is 0.109. The molecular formula is C17H22FNO2. The maximum atomic E-state index is 13.4. The molecular weight excluding hydrogens is 269 g/mol. The summed E-state index contributed by atoms with van der Waals surface area (Å²) >= 11 is 0. The van der Waals surface area contributed by atoms with Crippen molar-refractivity contribution in [3.63, 3.8) is 0 Å². The maximum absolute atomic E-state index is 13.4. The molecule has 0 radical (unpaired) electrons. The van der Waals surface area contributed by atoms with Crippen LogP contribution >= 0.6 is 0 Å². The van der Waals surface area contributed by atoms with Gasteiger partial charge in [-0.05, 0) is 37.0 Å². The molecule has 0 unspecified atom stereocenters. The van der Waals surface area contributed by atoms with E-state index in [0.717, 1.165) is 18.5 Å². The highest BCUT2D eigenvalue weighted by atomic mass is 19.1. The number of aliphatic hydroxyl groups is 2. The Morgan fingerprint density at radius 1 is 1.29 bits per heavy atom. The van der Waals surface area contributed by atoms with E-state index in [9.17, 15) is 4.39 Å². The lowest BCUT2D eigenvalue weighted by Crippen LogP contribution is -2.40. The maximum Gasteiger partial charge on any atom is 0.124 e. The van der Waals surface area contributed by atoms with Gasteiger partial charge < -0.3 is 10.2 Å². The molecule has 1 aliphatic rings. The molecule has 1 aromatic carbocycles. The van der Waals surface area contributed by atoms with Gasteiger partial charge in [-0.25, -0.2) is 4.39 Å². The van der Waals surface area contributed by atoms with Crippen molar-refractivity contribution in [3.05, 3.63) is 35.1 Å². The summed E-state index contributed by atoms with van der Waals surface area (Å²) in [5, 5.41) is 17.9. The Labute approximate surface area is 125 Å². The molecule has 1 saturated carbocycles. The van der Waals surface area contributed by atoms with E-state index in [1.807, 2.05) is 0 Å². The first-order valence-electron chi connectivity index (χ1n) is 7.47. The van der Waals surface area contributed by atoms with Crippen molar-refractivity contribution in [1.82, 2.24) is 4.90 Å². The standard InChI is InChI=1S/C17H22FNO2/c18-16-8-7-15(14(12-16)4-2-10-20)13-19(9-3-11-21)17-5-1-6-17/h7-8,12,17,20-21H,1,3,5-6,9-11,13H2. The zero-order valence-electron chi connectivity index (χ0n) is 12.2. The van der Waals surface area contributed by atoms with Crippen LogP contribution in [0, 0.1) is 17.7 Å². The molecule has 4 heteroatoms. The molecule has 0 amide bonds. The second kappa shape index (κ2) is 8.14. The third-order valence-corrected chi connectivity index (χ3v) is 3.94. The van der Waals surface area contributed by atoms with Crippen LogP contribution in [0.3, 0.4) is 0 Å². The first kappa shape index (κ1) is 16.0. The molecule has 3 nitrogen and oxygen atoms in total. The van der Waals surface area contributed by atoms with Gasteiger partial charge in [-0.3, -0.25) is 4.90 Å². The highest BCUT2D eigenvalue weighted by molar-refractivity contribution is 5.41. The lowest BCUT2D eigenvalue weighted by Gasteiger charge is -2.37. The summed E-state index contributed by atoms with van der Waals surface area (Å²) in [7, 11) is 0. The molecule has 21 heavy (non-hydrogen) atoms. The van der Waals surface area contributed by atoms with Gasteiger partial charge in [0, 0.05) is 31.3 Å². The highest BCUT2D eigenvalue weighted by Crippen LogP contribution is 2.27. The molecule has 1 aromatic rings. The lowest BCUT2D eigenvalue weighted by atomic mass is 9.90. The van der Waals surface area contributed by atoms with Crippen LogP contribution < -0.4 is 0 Å². The first-order valence-corrected chi connectivity index (χ1v) is 7.47. The van der Waals surface area contributed by atoms with E-state index in [2.05, 4.69) is 16.7 Å². The minimum Gasteiger partial charge on any atom is -0.396 e. The van der Waals surface area contributed by atoms with Gasteiger partial charge >= 0.3 is 0 Å². The third kappa shape index (κ3) is 4.53.